The van der Waals surface area contributed by atoms with Gasteiger partial charge >= 0.3 is 0 Å². The zero-order valence-electron chi connectivity index (χ0n) is 15.6. The molecule has 2 atom stereocenters. The topological polar surface area (TPSA) is 58.6 Å². The Labute approximate surface area is 160 Å². The van der Waals surface area contributed by atoms with Crippen molar-refractivity contribution in [2.45, 2.75) is 38.5 Å². The lowest BCUT2D eigenvalue weighted by Gasteiger charge is -2.31. The highest BCUT2D eigenvalue weighted by molar-refractivity contribution is 5.88. The van der Waals surface area contributed by atoms with Crippen LogP contribution in [0.1, 0.15) is 36.9 Å². The highest BCUT2D eigenvalue weighted by Crippen LogP contribution is 2.24. The molecule has 5 nitrogen and oxygen atoms in total. The number of rotatable bonds is 7. The van der Waals surface area contributed by atoms with E-state index in [1.165, 1.54) is 6.92 Å². The number of nitrogens with zero attached hydrogens (tertiary/aromatic N) is 1. The van der Waals surface area contributed by atoms with Crippen LogP contribution in [-0.2, 0) is 20.9 Å². The molecule has 1 saturated heterocycles. The summed E-state index contributed by atoms with van der Waals surface area (Å²) in [7, 11) is 0. The number of ether oxygens (including phenoxy) is 1. The van der Waals surface area contributed by atoms with E-state index in [0.717, 1.165) is 30.6 Å². The second-order valence-corrected chi connectivity index (χ2v) is 6.83. The molecule has 142 valence electrons. The maximum Gasteiger partial charge on any atom is 0.247 e. The van der Waals surface area contributed by atoms with E-state index in [2.05, 4.69) is 5.32 Å². The van der Waals surface area contributed by atoms with Crippen molar-refractivity contribution in [1.29, 1.82) is 0 Å². The number of hydrogen-bond acceptors (Lipinski definition) is 3. The quantitative estimate of drug-likeness (QED) is 0.819. The van der Waals surface area contributed by atoms with Crippen LogP contribution in [0.4, 0.5) is 0 Å². The van der Waals surface area contributed by atoms with Crippen molar-refractivity contribution >= 4 is 11.8 Å². The maximum atomic E-state index is 13.1. The van der Waals surface area contributed by atoms with Crippen LogP contribution in [-0.4, -0.2) is 36.0 Å². The molecule has 2 amide bonds. The molecule has 0 spiro atoms. The summed E-state index contributed by atoms with van der Waals surface area (Å²) >= 11 is 0. The standard InChI is InChI=1S/C22H26N2O3/c1-17(25)24(16-18-9-4-2-5-10-18)21(19-11-6-3-7-12-19)22(26)23-15-20-13-8-14-27-20/h2-7,9-12,20-21H,8,13-16H2,1H3,(H,23,26)/t20-,21-/m0/s1. The van der Waals surface area contributed by atoms with Gasteiger partial charge < -0.3 is 15.0 Å². The predicted molar refractivity (Wildman–Crippen MR) is 104 cm³/mol. The van der Waals surface area contributed by atoms with Crippen LogP contribution >= 0.6 is 0 Å². The number of benzene rings is 2. The van der Waals surface area contributed by atoms with E-state index in [1.54, 1.807) is 4.90 Å². The van der Waals surface area contributed by atoms with Crippen molar-refractivity contribution in [3.05, 3.63) is 71.8 Å². The molecule has 1 aliphatic heterocycles. The highest BCUT2D eigenvalue weighted by atomic mass is 16.5. The zero-order chi connectivity index (χ0) is 19.1. The number of hydrogen-bond donors (Lipinski definition) is 1. The van der Waals surface area contributed by atoms with Crippen LogP contribution in [0.3, 0.4) is 0 Å². The first kappa shape index (κ1) is 19.1. The molecular formula is C22H26N2O3. The van der Waals surface area contributed by atoms with Crippen LogP contribution in [0, 0.1) is 0 Å². The van der Waals surface area contributed by atoms with E-state index in [1.807, 2.05) is 60.7 Å². The second-order valence-electron chi connectivity index (χ2n) is 6.83. The summed E-state index contributed by atoms with van der Waals surface area (Å²) in [6.07, 6.45) is 2.04. The summed E-state index contributed by atoms with van der Waals surface area (Å²) in [5, 5.41) is 2.99. The number of amides is 2. The normalized spacial score (nSPS) is 17.3. The average molecular weight is 366 g/mol. The average Bonchev–Trinajstić information content (AvgIpc) is 3.21. The van der Waals surface area contributed by atoms with E-state index in [-0.39, 0.29) is 17.9 Å². The minimum absolute atomic E-state index is 0.0604. The van der Waals surface area contributed by atoms with E-state index in [0.29, 0.717) is 13.1 Å². The summed E-state index contributed by atoms with van der Waals surface area (Å²) in [6, 6.07) is 18.5. The second kappa shape index (κ2) is 9.33. The van der Waals surface area contributed by atoms with Crippen molar-refractivity contribution in [1.82, 2.24) is 10.2 Å². The number of carbonyl (C=O) groups is 2. The molecule has 0 radical (unpaired) electrons. The van der Waals surface area contributed by atoms with Crippen molar-refractivity contribution in [3.8, 4) is 0 Å². The first-order valence-electron chi connectivity index (χ1n) is 9.40. The van der Waals surface area contributed by atoms with Crippen LogP contribution in [0.2, 0.25) is 0 Å². The van der Waals surface area contributed by atoms with Gasteiger partial charge in [0, 0.05) is 26.6 Å². The maximum absolute atomic E-state index is 13.1. The summed E-state index contributed by atoms with van der Waals surface area (Å²) in [5.74, 6) is -0.317. The lowest BCUT2D eigenvalue weighted by molar-refractivity contribution is -0.140. The fraction of sp³-hybridized carbons (Fsp3) is 0.364. The van der Waals surface area contributed by atoms with Gasteiger partial charge in [0.25, 0.3) is 0 Å². The van der Waals surface area contributed by atoms with Gasteiger partial charge in [-0.25, -0.2) is 0 Å². The summed E-state index contributed by atoms with van der Waals surface area (Å²) in [5.41, 5.74) is 1.79. The Bertz CT molecular complexity index is 743. The molecule has 3 rings (SSSR count). The Morgan fingerprint density at radius 3 is 2.37 bits per heavy atom. The van der Waals surface area contributed by atoms with Gasteiger partial charge in [0.05, 0.1) is 6.10 Å². The van der Waals surface area contributed by atoms with Gasteiger partial charge in [0.2, 0.25) is 11.8 Å². The van der Waals surface area contributed by atoms with Crippen molar-refractivity contribution in [3.63, 3.8) is 0 Å². The minimum Gasteiger partial charge on any atom is -0.376 e. The summed E-state index contributed by atoms with van der Waals surface area (Å²) < 4.78 is 5.60. The number of nitrogens with one attached hydrogen (secondary N) is 1. The molecular weight excluding hydrogens is 340 g/mol. The fourth-order valence-electron chi connectivity index (χ4n) is 3.39. The Kier molecular flexibility index (Phi) is 6.60. The van der Waals surface area contributed by atoms with Gasteiger partial charge in [-0.15, -0.1) is 0 Å². The van der Waals surface area contributed by atoms with E-state index >= 15 is 0 Å². The molecule has 1 aliphatic rings. The monoisotopic (exact) mass is 366 g/mol. The van der Waals surface area contributed by atoms with Gasteiger partial charge in [-0.3, -0.25) is 9.59 Å². The Morgan fingerprint density at radius 2 is 1.78 bits per heavy atom. The van der Waals surface area contributed by atoms with Crippen molar-refractivity contribution < 1.29 is 14.3 Å². The molecule has 5 heteroatoms. The molecule has 1 fully saturated rings. The van der Waals surface area contributed by atoms with Crippen LogP contribution < -0.4 is 5.32 Å². The smallest absolute Gasteiger partial charge is 0.247 e. The molecule has 2 aromatic carbocycles. The van der Waals surface area contributed by atoms with Gasteiger partial charge in [-0.1, -0.05) is 60.7 Å². The molecule has 1 N–H and O–H groups in total. The van der Waals surface area contributed by atoms with Gasteiger partial charge in [0.15, 0.2) is 0 Å². The number of carbonyl (C=O) groups excluding carboxylic acids is 2. The van der Waals surface area contributed by atoms with Crippen molar-refractivity contribution in [2.75, 3.05) is 13.2 Å². The van der Waals surface area contributed by atoms with Crippen molar-refractivity contribution in [2.24, 2.45) is 0 Å². The lowest BCUT2D eigenvalue weighted by atomic mass is 10.0. The predicted octanol–water partition coefficient (Wildman–Crippen LogP) is 3.07. The lowest BCUT2D eigenvalue weighted by Crippen LogP contribution is -2.44. The molecule has 0 saturated carbocycles. The SMILES string of the molecule is CC(=O)N(Cc1ccccc1)[C@H](C(=O)NC[C@@H]1CCCO1)c1ccccc1. The van der Waals surface area contributed by atoms with Gasteiger partial charge in [-0.2, -0.15) is 0 Å². The fourth-order valence-corrected chi connectivity index (χ4v) is 3.39. The Balaban J connectivity index is 1.82. The Hall–Kier alpha value is -2.66. The summed E-state index contributed by atoms with van der Waals surface area (Å²) in [4.78, 5) is 27.1. The van der Waals surface area contributed by atoms with Gasteiger partial charge in [-0.05, 0) is 24.0 Å². The highest BCUT2D eigenvalue weighted by Gasteiger charge is 2.30. The largest absolute Gasteiger partial charge is 0.376 e. The van der Waals surface area contributed by atoms with Crippen LogP contribution in [0.15, 0.2) is 60.7 Å². The van der Waals surface area contributed by atoms with E-state index in [4.69, 9.17) is 4.74 Å². The summed E-state index contributed by atoms with van der Waals surface area (Å²) in [6.45, 7) is 3.10. The van der Waals surface area contributed by atoms with Gasteiger partial charge in [0.1, 0.15) is 6.04 Å². The molecule has 0 aromatic heterocycles. The van der Waals surface area contributed by atoms with Crippen LogP contribution in [0.25, 0.3) is 0 Å². The molecule has 0 unspecified atom stereocenters. The third-order valence-corrected chi connectivity index (χ3v) is 4.80. The van der Waals surface area contributed by atoms with Crippen LogP contribution in [0.5, 0.6) is 0 Å². The molecule has 27 heavy (non-hydrogen) atoms. The van der Waals surface area contributed by atoms with E-state index in [9.17, 15) is 9.59 Å². The molecule has 0 bridgehead atoms. The first-order valence-corrected chi connectivity index (χ1v) is 9.40. The third-order valence-electron chi connectivity index (χ3n) is 4.80. The molecule has 2 aromatic rings. The van der Waals surface area contributed by atoms with E-state index < -0.39 is 6.04 Å². The first-order chi connectivity index (χ1) is 13.1. The Morgan fingerprint density at radius 1 is 1.11 bits per heavy atom. The third kappa shape index (κ3) is 5.17. The minimum atomic E-state index is -0.676. The molecule has 0 aliphatic carbocycles. The molecule has 1 heterocycles. The zero-order valence-corrected chi connectivity index (χ0v) is 15.6.